The number of aliphatic hydroxyl groups is 1. The Morgan fingerprint density at radius 3 is 2.44 bits per heavy atom. The van der Waals surface area contributed by atoms with E-state index in [2.05, 4.69) is 22.8 Å². The third kappa shape index (κ3) is 1.99. The number of para-hydroxylation sites is 2. The van der Waals surface area contributed by atoms with Gasteiger partial charge in [-0.1, -0.05) is 60.7 Å². The van der Waals surface area contributed by atoms with Gasteiger partial charge in [-0.05, 0) is 17.7 Å². The van der Waals surface area contributed by atoms with Crippen molar-refractivity contribution in [3.63, 3.8) is 0 Å². The zero-order chi connectivity index (χ0) is 17.0. The summed E-state index contributed by atoms with van der Waals surface area (Å²) in [6.45, 7) is 0.496. The zero-order valence-electron chi connectivity index (χ0n) is 13.6. The number of aromatic nitrogens is 1. The van der Waals surface area contributed by atoms with Crippen molar-refractivity contribution in [3.05, 3.63) is 83.9 Å². The number of hydrogen-bond acceptors (Lipinski definition) is 2. The molecule has 0 radical (unpaired) electrons. The molecule has 1 aromatic heterocycles. The fourth-order valence-corrected chi connectivity index (χ4v) is 4.10. The quantitative estimate of drug-likeness (QED) is 0.595. The largest absolute Gasteiger partial charge is 0.388 e. The molecule has 0 bridgehead atoms. The highest BCUT2D eigenvalue weighted by Gasteiger charge is 2.35. The lowest BCUT2D eigenvalue weighted by molar-refractivity contribution is 0.0628. The van der Waals surface area contributed by atoms with Crippen LogP contribution >= 0.6 is 0 Å². The van der Waals surface area contributed by atoms with E-state index >= 15 is 0 Å². The molecule has 0 fully saturated rings. The Kier molecular flexibility index (Phi) is 3.06. The number of carbonyl (C=O) groups is 1. The number of ketones is 1. The standard InChI is InChI=1S/C22H17NO2/c24-21(14-7-2-1-3-8-14)18-13-23-19-12-5-4-9-15(19)16-10-6-11-17(20(16)23)22(18)25/h1-12,18,21,24H,13H2. The van der Waals surface area contributed by atoms with Gasteiger partial charge in [-0.3, -0.25) is 4.79 Å². The molecule has 5 rings (SSSR count). The summed E-state index contributed by atoms with van der Waals surface area (Å²) in [5.74, 6) is -0.450. The molecule has 1 N–H and O–H groups in total. The number of nitrogens with zero attached hydrogens (tertiary/aromatic N) is 1. The van der Waals surface area contributed by atoms with Crippen molar-refractivity contribution in [2.45, 2.75) is 12.6 Å². The third-order valence-electron chi connectivity index (χ3n) is 5.29. The van der Waals surface area contributed by atoms with E-state index < -0.39 is 12.0 Å². The first-order valence-corrected chi connectivity index (χ1v) is 8.53. The number of rotatable bonds is 2. The van der Waals surface area contributed by atoms with Gasteiger partial charge in [0.2, 0.25) is 0 Å². The van der Waals surface area contributed by atoms with Crippen LogP contribution in [0.5, 0.6) is 0 Å². The molecule has 0 saturated carbocycles. The first kappa shape index (κ1) is 14.4. The second-order valence-corrected chi connectivity index (χ2v) is 6.66. The van der Waals surface area contributed by atoms with Crippen molar-refractivity contribution >= 4 is 27.6 Å². The summed E-state index contributed by atoms with van der Waals surface area (Å²) < 4.78 is 2.19. The average molecular weight is 327 g/mol. The van der Waals surface area contributed by atoms with Crippen molar-refractivity contribution in [3.8, 4) is 0 Å². The molecule has 25 heavy (non-hydrogen) atoms. The van der Waals surface area contributed by atoms with E-state index in [-0.39, 0.29) is 5.78 Å². The normalized spacial score (nSPS) is 18.0. The second kappa shape index (κ2) is 5.30. The summed E-state index contributed by atoms with van der Waals surface area (Å²) in [5, 5.41) is 13.1. The minimum Gasteiger partial charge on any atom is -0.388 e. The molecule has 3 nitrogen and oxygen atoms in total. The van der Waals surface area contributed by atoms with Crippen molar-refractivity contribution in [1.82, 2.24) is 4.57 Å². The summed E-state index contributed by atoms with van der Waals surface area (Å²) >= 11 is 0. The molecule has 2 heterocycles. The molecule has 122 valence electrons. The SMILES string of the molecule is O=C1c2cccc3c4ccccc4n(c23)CC1C(O)c1ccccc1. The van der Waals surface area contributed by atoms with E-state index in [1.807, 2.05) is 54.6 Å². The van der Waals surface area contributed by atoms with E-state index in [4.69, 9.17) is 0 Å². The number of fused-ring (bicyclic) bond motifs is 3. The molecular weight excluding hydrogens is 310 g/mol. The van der Waals surface area contributed by atoms with Crippen LogP contribution in [0.2, 0.25) is 0 Å². The van der Waals surface area contributed by atoms with Gasteiger partial charge in [0.15, 0.2) is 5.78 Å². The predicted octanol–water partition coefficient (Wildman–Crippen LogP) is 4.34. The summed E-state index contributed by atoms with van der Waals surface area (Å²) in [6, 6.07) is 23.6. The van der Waals surface area contributed by atoms with E-state index in [0.717, 1.165) is 27.4 Å². The van der Waals surface area contributed by atoms with Gasteiger partial charge in [-0.25, -0.2) is 0 Å². The van der Waals surface area contributed by atoms with Crippen LogP contribution in [0.1, 0.15) is 22.0 Å². The van der Waals surface area contributed by atoms with Crippen LogP contribution in [0, 0.1) is 5.92 Å². The smallest absolute Gasteiger partial charge is 0.172 e. The lowest BCUT2D eigenvalue weighted by Gasteiger charge is -2.28. The van der Waals surface area contributed by atoms with E-state index in [9.17, 15) is 9.90 Å². The molecule has 2 unspecified atom stereocenters. The molecule has 0 spiro atoms. The topological polar surface area (TPSA) is 42.2 Å². The molecule has 3 aromatic carbocycles. The van der Waals surface area contributed by atoms with Crippen molar-refractivity contribution < 1.29 is 9.90 Å². The molecule has 4 aromatic rings. The monoisotopic (exact) mass is 327 g/mol. The second-order valence-electron chi connectivity index (χ2n) is 6.66. The average Bonchev–Trinajstić information content (AvgIpc) is 3.00. The molecule has 1 aliphatic rings. The predicted molar refractivity (Wildman–Crippen MR) is 98.7 cm³/mol. The summed E-state index contributed by atoms with van der Waals surface area (Å²) in [7, 11) is 0. The summed E-state index contributed by atoms with van der Waals surface area (Å²) in [5.41, 5.74) is 3.60. The lowest BCUT2D eigenvalue weighted by atomic mass is 9.86. The van der Waals surface area contributed by atoms with Gasteiger partial charge in [-0.15, -0.1) is 0 Å². The van der Waals surface area contributed by atoms with Gasteiger partial charge >= 0.3 is 0 Å². The summed E-state index contributed by atoms with van der Waals surface area (Å²) in [4.78, 5) is 13.1. The first-order valence-electron chi connectivity index (χ1n) is 8.53. The van der Waals surface area contributed by atoms with Gasteiger partial charge < -0.3 is 9.67 Å². The molecule has 3 heteroatoms. The Balaban J connectivity index is 1.73. The zero-order valence-corrected chi connectivity index (χ0v) is 13.6. The van der Waals surface area contributed by atoms with E-state index in [1.165, 1.54) is 0 Å². The van der Waals surface area contributed by atoms with Crippen molar-refractivity contribution in [2.24, 2.45) is 5.92 Å². The van der Waals surface area contributed by atoms with Gasteiger partial charge in [-0.2, -0.15) is 0 Å². The van der Waals surface area contributed by atoms with Gasteiger partial charge in [0.25, 0.3) is 0 Å². The number of Topliss-reactive ketones (excluding diaryl/α,β-unsaturated/α-hetero) is 1. The molecule has 0 amide bonds. The highest BCUT2D eigenvalue weighted by Crippen LogP contribution is 2.39. The third-order valence-corrected chi connectivity index (χ3v) is 5.29. The van der Waals surface area contributed by atoms with Crippen LogP contribution in [-0.2, 0) is 6.54 Å². The maximum atomic E-state index is 13.1. The number of benzene rings is 3. The lowest BCUT2D eigenvalue weighted by Crippen LogP contribution is -2.31. The molecule has 0 saturated heterocycles. The highest BCUT2D eigenvalue weighted by atomic mass is 16.3. The Morgan fingerprint density at radius 1 is 0.880 bits per heavy atom. The molecule has 0 aliphatic carbocycles. The van der Waals surface area contributed by atoms with Crippen molar-refractivity contribution in [2.75, 3.05) is 0 Å². The Bertz CT molecular complexity index is 1110. The summed E-state index contributed by atoms with van der Waals surface area (Å²) in [6.07, 6.45) is -0.807. The van der Waals surface area contributed by atoms with Crippen LogP contribution < -0.4 is 0 Å². The van der Waals surface area contributed by atoms with E-state index in [0.29, 0.717) is 12.1 Å². The van der Waals surface area contributed by atoms with Crippen LogP contribution in [0.15, 0.2) is 72.8 Å². The Hall–Kier alpha value is -2.91. The molecule has 1 aliphatic heterocycles. The first-order chi connectivity index (χ1) is 12.3. The molecular formula is C22H17NO2. The van der Waals surface area contributed by atoms with Crippen LogP contribution in [-0.4, -0.2) is 15.5 Å². The fraction of sp³-hybridized carbons (Fsp3) is 0.136. The number of aliphatic hydroxyl groups excluding tert-OH is 1. The fourth-order valence-electron chi connectivity index (χ4n) is 4.10. The molecule has 2 atom stereocenters. The number of hydrogen-bond donors (Lipinski definition) is 1. The maximum Gasteiger partial charge on any atom is 0.172 e. The highest BCUT2D eigenvalue weighted by molar-refractivity contribution is 6.17. The Morgan fingerprint density at radius 2 is 1.60 bits per heavy atom. The Labute approximate surface area is 145 Å². The van der Waals surface area contributed by atoms with Gasteiger partial charge in [0.05, 0.1) is 17.5 Å². The van der Waals surface area contributed by atoms with Crippen molar-refractivity contribution in [1.29, 1.82) is 0 Å². The van der Waals surface area contributed by atoms with Crippen LogP contribution in [0.3, 0.4) is 0 Å². The van der Waals surface area contributed by atoms with Gasteiger partial charge in [0.1, 0.15) is 0 Å². The minimum absolute atomic E-state index is 0.0252. The van der Waals surface area contributed by atoms with Crippen LogP contribution in [0.4, 0.5) is 0 Å². The number of carbonyl (C=O) groups excluding carboxylic acids is 1. The maximum absolute atomic E-state index is 13.1. The van der Waals surface area contributed by atoms with Crippen LogP contribution in [0.25, 0.3) is 21.8 Å². The van der Waals surface area contributed by atoms with Gasteiger partial charge in [0, 0.05) is 28.4 Å². The van der Waals surface area contributed by atoms with E-state index in [1.54, 1.807) is 0 Å². The minimum atomic E-state index is -0.807.